The second kappa shape index (κ2) is 9.18. The fourth-order valence-electron chi connectivity index (χ4n) is 3.57. The number of furan rings is 1. The van der Waals surface area contributed by atoms with E-state index < -0.39 is 11.9 Å². The van der Waals surface area contributed by atoms with Crippen LogP contribution in [0.3, 0.4) is 0 Å². The Morgan fingerprint density at radius 2 is 1.73 bits per heavy atom. The van der Waals surface area contributed by atoms with Crippen LogP contribution in [-0.4, -0.2) is 27.8 Å². The largest absolute Gasteiger partial charge is 0.478 e. The first-order chi connectivity index (χ1) is 15.8. The molecule has 4 aromatic rings. The van der Waals surface area contributed by atoms with E-state index in [0.29, 0.717) is 22.1 Å². The lowest BCUT2D eigenvalue weighted by Gasteiger charge is -2.11. The predicted molar refractivity (Wildman–Crippen MR) is 126 cm³/mol. The number of amides is 1. The molecule has 0 bridgehead atoms. The molecule has 1 amide bonds. The number of hydrogen-bond acceptors (Lipinski definition) is 4. The number of nitrogens with one attached hydrogen (secondary N) is 1. The summed E-state index contributed by atoms with van der Waals surface area (Å²) in [6.07, 6.45) is 1.33. The molecule has 2 heterocycles. The number of aromatic carboxylic acids is 1. The maximum absolute atomic E-state index is 12.5. The summed E-state index contributed by atoms with van der Waals surface area (Å²) >= 11 is 6.36. The molecule has 0 fully saturated rings. The van der Waals surface area contributed by atoms with Crippen LogP contribution in [0.25, 0.3) is 17.0 Å². The average Bonchev–Trinajstić information content (AvgIpc) is 3.39. The molecule has 8 heteroatoms. The Bertz CT molecular complexity index is 1360. The Morgan fingerprint density at radius 3 is 2.42 bits per heavy atom. The van der Waals surface area contributed by atoms with Gasteiger partial charge in [0.1, 0.15) is 11.5 Å². The monoisotopic (exact) mass is 461 g/mol. The number of hydrogen-bond donors (Lipinski definition) is 2. The summed E-state index contributed by atoms with van der Waals surface area (Å²) in [5.41, 5.74) is 6.29. The molecule has 2 aromatic carbocycles. The molecule has 4 rings (SSSR count). The van der Waals surface area contributed by atoms with Gasteiger partial charge in [-0.25, -0.2) is 10.2 Å². The lowest BCUT2D eigenvalue weighted by Crippen LogP contribution is -2.18. The highest BCUT2D eigenvalue weighted by molar-refractivity contribution is 6.34. The number of benzene rings is 2. The van der Waals surface area contributed by atoms with E-state index in [1.807, 2.05) is 36.6 Å². The molecule has 7 nitrogen and oxygen atoms in total. The highest BCUT2D eigenvalue weighted by atomic mass is 35.5. The van der Waals surface area contributed by atoms with Gasteiger partial charge < -0.3 is 14.1 Å². The fraction of sp³-hybridized carbons (Fsp3) is 0.0800. The van der Waals surface area contributed by atoms with Crippen molar-refractivity contribution in [3.8, 4) is 17.0 Å². The Kier molecular flexibility index (Phi) is 6.15. The van der Waals surface area contributed by atoms with Gasteiger partial charge in [-0.3, -0.25) is 4.79 Å². The summed E-state index contributed by atoms with van der Waals surface area (Å²) in [6.45, 7) is 3.99. The zero-order valence-electron chi connectivity index (χ0n) is 17.9. The van der Waals surface area contributed by atoms with Crippen LogP contribution in [0.1, 0.15) is 37.9 Å². The normalized spacial score (nSPS) is 11.1. The van der Waals surface area contributed by atoms with Crippen LogP contribution in [0.4, 0.5) is 0 Å². The van der Waals surface area contributed by atoms with Gasteiger partial charge in [-0.15, -0.1) is 0 Å². The molecule has 0 aliphatic carbocycles. The van der Waals surface area contributed by atoms with Crippen molar-refractivity contribution in [2.24, 2.45) is 5.10 Å². The van der Waals surface area contributed by atoms with Gasteiger partial charge in [0, 0.05) is 22.6 Å². The van der Waals surface area contributed by atoms with Crippen LogP contribution < -0.4 is 5.43 Å². The molecular formula is C25H20ClN3O4. The number of aryl methyl sites for hydroxylation is 2. The number of hydrazone groups is 1. The van der Waals surface area contributed by atoms with E-state index in [2.05, 4.69) is 10.5 Å². The SMILES string of the molecule is Cc1ccc(C)n1-c1ccc(C(=O)N/N=C\c2ccc(-c3ccccc3C(=O)O)o2)c(Cl)c1. The number of nitrogens with zero attached hydrogens (tertiary/aromatic N) is 2. The fourth-order valence-corrected chi connectivity index (χ4v) is 3.83. The number of carboxylic acids is 1. The number of aromatic nitrogens is 1. The summed E-state index contributed by atoms with van der Waals surface area (Å²) in [7, 11) is 0. The first-order valence-electron chi connectivity index (χ1n) is 10.1. The zero-order chi connectivity index (χ0) is 23.5. The first kappa shape index (κ1) is 22.1. The topological polar surface area (TPSA) is 96.8 Å². The molecule has 2 N–H and O–H groups in total. The minimum absolute atomic E-state index is 0.132. The van der Waals surface area contributed by atoms with Crippen molar-refractivity contribution in [2.45, 2.75) is 13.8 Å². The standard InChI is InChI=1S/C25H20ClN3O4/c1-15-7-8-16(2)29(15)17-9-11-21(22(26)13-17)24(30)28-27-14-18-10-12-23(33-18)19-5-3-4-6-20(19)25(31)32/h3-14H,1-2H3,(H,28,30)(H,31,32)/b27-14-. The summed E-state index contributed by atoms with van der Waals surface area (Å²) in [5.74, 6) is -0.776. The van der Waals surface area contributed by atoms with Crippen molar-refractivity contribution < 1.29 is 19.1 Å². The average molecular weight is 462 g/mol. The number of carbonyl (C=O) groups excluding carboxylic acids is 1. The number of halogens is 1. The summed E-state index contributed by atoms with van der Waals surface area (Å²) in [5, 5.41) is 13.6. The molecule has 166 valence electrons. The van der Waals surface area contributed by atoms with E-state index >= 15 is 0 Å². The van der Waals surface area contributed by atoms with Crippen LogP contribution in [-0.2, 0) is 0 Å². The van der Waals surface area contributed by atoms with Crippen LogP contribution in [0.5, 0.6) is 0 Å². The Hall–Kier alpha value is -4.10. The molecule has 33 heavy (non-hydrogen) atoms. The number of rotatable bonds is 6. The van der Waals surface area contributed by atoms with Crippen molar-refractivity contribution in [3.63, 3.8) is 0 Å². The third-order valence-electron chi connectivity index (χ3n) is 5.13. The number of carbonyl (C=O) groups is 2. The Labute approximate surface area is 194 Å². The van der Waals surface area contributed by atoms with E-state index in [1.54, 1.807) is 42.5 Å². The van der Waals surface area contributed by atoms with Gasteiger partial charge in [-0.05, 0) is 62.4 Å². The zero-order valence-corrected chi connectivity index (χ0v) is 18.6. The van der Waals surface area contributed by atoms with E-state index in [0.717, 1.165) is 17.1 Å². The van der Waals surface area contributed by atoms with Gasteiger partial charge in [-0.1, -0.05) is 29.8 Å². The third kappa shape index (κ3) is 4.58. The Balaban J connectivity index is 1.47. The molecule has 0 saturated heterocycles. The molecule has 0 unspecified atom stereocenters. The van der Waals surface area contributed by atoms with Crippen LogP contribution in [0, 0.1) is 13.8 Å². The molecular weight excluding hydrogens is 442 g/mol. The summed E-state index contributed by atoms with van der Waals surface area (Å²) in [6, 6.07) is 19.0. The quantitative estimate of drug-likeness (QED) is 0.294. The van der Waals surface area contributed by atoms with E-state index in [1.165, 1.54) is 12.3 Å². The minimum atomic E-state index is -1.05. The van der Waals surface area contributed by atoms with Gasteiger partial charge in [0.15, 0.2) is 0 Å². The van der Waals surface area contributed by atoms with Crippen molar-refractivity contribution in [1.29, 1.82) is 0 Å². The van der Waals surface area contributed by atoms with Gasteiger partial charge in [0.2, 0.25) is 0 Å². The lowest BCUT2D eigenvalue weighted by molar-refractivity contribution is 0.0697. The van der Waals surface area contributed by atoms with E-state index in [-0.39, 0.29) is 11.1 Å². The lowest BCUT2D eigenvalue weighted by atomic mass is 10.1. The van der Waals surface area contributed by atoms with Gasteiger partial charge in [-0.2, -0.15) is 5.10 Å². The molecule has 0 aliphatic rings. The van der Waals surface area contributed by atoms with Crippen molar-refractivity contribution in [3.05, 3.63) is 100 Å². The molecule has 0 aliphatic heterocycles. The van der Waals surface area contributed by atoms with Crippen LogP contribution in [0.15, 0.2) is 76.2 Å². The molecule has 0 radical (unpaired) electrons. The highest BCUT2D eigenvalue weighted by Gasteiger charge is 2.14. The van der Waals surface area contributed by atoms with Crippen molar-refractivity contribution in [1.82, 2.24) is 9.99 Å². The summed E-state index contributed by atoms with van der Waals surface area (Å²) < 4.78 is 7.70. The molecule has 0 spiro atoms. The van der Waals surface area contributed by atoms with Crippen molar-refractivity contribution in [2.75, 3.05) is 0 Å². The molecule has 0 saturated carbocycles. The maximum atomic E-state index is 12.5. The molecule has 0 atom stereocenters. The Morgan fingerprint density at radius 1 is 1.00 bits per heavy atom. The second-order valence-corrected chi connectivity index (χ2v) is 7.77. The smallest absolute Gasteiger partial charge is 0.336 e. The van der Waals surface area contributed by atoms with Gasteiger partial charge in [0.05, 0.1) is 22.4 Å². The third-order valence-corrected chi connectivity index (χ3v) is 5.45. The predicted octanol–water partition coefficient (Wildman–Crippen LogP) is 5.47. The number of carboxylic acid groups (broad SMARTS) is 1. The van der Waals surface area contributed by atoms with Crippen molar-refractivity contribution >= 4 is 29.7 Å². The molecule has 2 aromatic heterocycles. The van der Waals surface area contributed by atoms with Crippen LogP contribution in [0.2, 0.25) is 5.02 Å². The second-order valence-electron chi connectivity index (χ2n) is 7.37. The van der Waals surface area contributed by atoms with Crippen LogP contribution >= 0.6 is 11.6 Å². The van der Waals surface area contributed by atoms with E-state index in [9.17, 15) is 14.7 Å². The highest BCUT2D eigenvalue weighted by Crippen LogP contribution is 2.26. The summed E-state index contributed by atoms with van der Waals surface area (Å²) in [4.78, 5) is 23.9. The first-order valence-corrected chi connectivity index (χ1v) is 10.4. The van der Waals surface area contributed by atoms with E-state index in [4.69, 9.17) is 16.0 Å². The minimum Gasteiger partial charge on any atom is -0.478 e. The maximum Gasteiger partial charge on any atom is 0.336 e. The van der Waals surface area contributed by atoms with Gasteiger partial charge >= 0.3 is 5.97 Å². The van der Waals surface area contributed by atoms with Gasteiger partial charge in [0.25, 0.3) is 5.91 Å².